The molecule has 0 bridgehead atoms. The largest absolute Gasteiger partial charge is 0.346 e. The molecule has 0 spiro atoms. The van der Waals surface area contributed by atoms with Gasteiger partial charge in [-0.1, -0.05) is 11.8 Å². The van der Waals surface area contributed by atoms with E-state index in [4.69, 9.17) is 5.73 Å². The minimum Gasteiger partial charge on any atom is -0.346 e. The van der Waals surface area contributed by atoms with Gasteiger partial charge in [0.05, 0.1) is 0 Å². The molecular formula is C12H13N3. The molecule has 0 aliphatic carbocycles. The van der Waals surface area contributed by atoms with Crippen LogP contribution in [0.1, 0.15) is 17.5 Å². The van der Waals surface area contributed by atoms with Crippen molar-refractivity contribution in [2.75, 3.05) is 6.54 Å². The zero-order chi connectivity index (χ0) is 10.7. The first-order valence-electron chi connectivity index (χ1n) is 4.94. The van der Waals surface area contributed by atoms with Crippen LogP contribution in [-0.2, 0) is 0 Å². The van der Waals surface area contributed by atoms with Gasteiger partial charge in [0.15, 0.2) is 0 Å². The zero-order valence-corrected chi connectivity index (χ0v) is 8.67. The van der Waals surface area contributed by atoms with E-state index in [0.29, 0.717) is 6.54 Å². The summed E-state index contributed by atoms with van der Waals surface area (Å²) in [6.45, 7) is 2.66. The van der Waals surface area contributed by atoms with Crippen LogP contribution in [0, 0.1) is 18.8 Å². The number of rotatable bonds is 1. The van der Waals surface area contributed by atoms with Crippen LogP contribution < -0.4 is 5.73 Å². The number of hydrogen-bond acceptors (Lipinski definition) is 2. The summed E-state index contributed by atoms with van der Waals surface area (Å²) in [6.07, 6.45) is 4.46. The number of fused-ring (bicyclic) bond motifs is 1. The van der Waals surface area contributed by atoms with Crippen molar-refractivity contribution < 1.29 is 0 Å². The SMILES string of the molecule is Cc1c[nH]c2ncc(C#CCCN)cc12. The molecule has 2 rings (SSSR count). The summed E-state index contributed by atoms with van der Waals surface area (Å²) in [6, 6.07) is 2.05. The molecule has 0 saturated heterocycles. The lowest BCUT2D eigenvalue weighted by atomic mass is 10.2. The average Bonchev–Trinajstić information content (AvgIpc) is 2.61. The summed E-state index contributed by atoms with van der Waals surface area (Å²) in [5.41, 5.74) is 8.42. The number of nitrogens with one attached hydrogen (secondary N) is 1. The highest BCUT2D eigenvalue weighted by Gasteiger charge is 2.00. The Bertz CT molecular complexity index is 529. The van der Waals surface area contributed by atoms with Crippen LogP contribution >= 0.6 is 0 Å². The van der Waals surface area contributed by atoms with Crippen molar-refractivity contribution in [3.05, 3.63) is 29.6 Å². The Labute approximate surface area is 88.7 Å². The van der Waals surface area contributed by atoms with Gasteiger partial charge in [0.2, 0.25) is 0 Å². The fourth-order valence-electron chi connectivity index (χ4n) is 1.44. The number of nitrogens with two attached hydrogens (primary N) is 1. The van der Waals surface area contributed by atoms with Gasteiger partial charge < -0.3 is 10.7 Å². The number of aromatic amines is 1. The Morgan fingerprint density at radius 2 is 2.40 bits per heavy atom. The Kier molecular flexibility index (Phi) is 2.70. The van der Waals surface area contributed by atoms with Crippen molar-refractivity contribution in [1.82, 2.24) is 9.97 Å². The van der Waals surface area contributed by atoms with Gasteiger partial charge in [-0.15, -0.1) is 0 Å². The second-order valence-electron chi connectivity index (χ2n) is 3.43. The van der Waals surface area contributed by atoms with Crippen LogP contribution in [0.4, 0.5) is 0 Å². The molecule has 76 valence electrons. The maximum Gasteiger partial charge on any atom is 0.137 e. The minimum absolute atomic E-state index is 0.603. The lowest BCUT2D eigenvalue weighted by Crippen LogP contribution is -1.95. The molecule has 0 atom stereocenters. The van der Waals surface area contributed by atoms with Crippen molar-refractivity contribution in [2.45, 2.75) is 13.3 Å². The Morgan fingerprint density at radius 3 is 3.20 bits per heavy atom. The molecule has 0 fully saturated rings. The van der Waals surface area contributed by atoms with E-state index in [9.17, 15) is 0 Å². The van der Waals surface area contributed by atoms with Crippen molar-refractivity contribution >= 4 is 11.0 Å². The van der Waals surface area contributed by atoms with E-state index in [1.165, 1.54) is 5.56 Å². The highest BCUT2D eigenvalue weighted by Crippen LogP contribution is 2.15. The normalized spacial score (nSPS) is 10.0. The summed E-state index contributed by atoms with van der Waals surface area (Å²) in [4.78, 5) is 7.39. The summed E-state index contributed by atoms with van der Waals surface area (Å²) in [5.74, 6) is 6.05. The van der Waals surface area contributed by atoms with Crippen molar-refractivity contribution in [3.8, 4) is 11.8 Å². The molecule has 2 heterocycles. The van der Waals surface area contributed by atoms with Gasteiger partial charge in [0, 0.05) is 36.3 Å². The molecule has 0 saturated carbocycles. The molecule has 3 heteroatoms. The Hall–Kier alpha value is -1.79. The van der Waals surface area contributed by atoms with Crippen molar-refractivity contribution in [2.24, 2.45) is 5.73 Å². The van der Waals surface area contributed by atoms with E-state index >= 15 is 0 Å². The van der Waals surface area contributed by atoms with Crippen LogP contribution in [0.5, 0.6) is 0 Å². The third kappa shape index (κ3) is 2.00. The standard InChI is InChI=1S/C12H13N3/c1-9-7-14-12-11(9)6-10(8-15-12)4-2-3-5-13/h6-8H,3,5,13H2,1H3,(H,14,15). The van der Waals surface area contributed by atoms with E-state index in [-0.39, 0.29) is 0 Å². The number of H-pyrrole nitrogens is 1. The van der Waals surface area contributed by atoms with Gasteiger partial charge in [0.1, 0.15) is 5.65 Å². The Morgan fingerprint density at radius 1 is 1.53 bits per heavy atom. The molecule has 0 aromatic carbocycles. The van der Waals surface area contributed by atoms with Crippen LogP contribution in [0.3, 0.4) is 0 Å². The summed E-state index contributed by atoms with van der Waals surface area (Å²) >= 11 is 0. The number of aromatic nitrogens is 2. The maximum absolute atomic E-state index is 5.37. The molecule has 0 amide bonds. The number of aryl methyl sites for hydroxylation is 1. The average molecular weight is 199 g/mol. The van der Waals surface area contributed by atoms with E-state index in [1.807, 2.05) is 6.20 Å². The van der Waals surface area contributed by atoms with E-state index in [0.717, 1.165) is 23.0 Å². The van der Waals surface area contributed by atoms with E-state index < -0.39 is 0 Å². The first-order chi connectivity index (χ1) is 7.31. The van der Waals surface area contributed by atoms with Gasteiger partial charge >= 0.3 is 0 Å². The maximum atomic E-state index is 5.37. The quantitative estimate of drug-likeness (QED) is 0.685. The summed E-state index contributed by atoms with van der Waals surface area (Å²) in [5, 5.41) is 1.13. The van der Waals surface area contributed by atoms with Gasteiger partial charge in [0.25, 0.3) is 0 Å². The van der Waals surface area contributed by atoms with Crippen molar-refractivity contribution in [1.29, 1.82) is 0 Å². The molecule has 3 nitrogen and oxygen atoms in total. The van der Waals surface area contributed by atoms with Crippen LogP contribution in [-0.4, -0.2) is 16.5 Å². The molecule has 2 aromatic heterocycles. The smallest absolute Gasteiger partial charge is 0.137 e. The molecule has 0 aliphatic heterocycles. The molecule has 2 aromatic rings. The monoisotopic (exact) mass is 199 g/mol. The molecule has 15 heavy (non-hydrogen) atoms. The van der Waals surface area contributed by atoms with E-state index in [2.05, 4.69) is 34.8 Å². The molecular weight excluding hydrogens is 186 g/mol. The molecule has 0 radical (unpaired) electrons. The Balaban J connectivity index is 2.38. The predicted molar refractivity (Wildman–Crippen MR) is 61.4 cm³/mol. The third-order valence-corrected chi connectivity index (χ3v) is 2.24. The summed E-state index contributed by atoms with van der Waals surface area (Å²) in [7, 11) is 0. The third-order valence-electron chi connectivity index (χ3n) is 2.24. The highest BCUT2D eigenvalue weighted by atomic mass is 14.8. The second kappa shape index (κ2) is 4.16. The zero-order valence-electron chi connectivity index (χ0n) is 8.67. The van der Waals surface area contributed by atoms with Crippen molar-refractivity contribution in [3.63, 3.8) is 0 Å². The number of pyridine rings is 1. The van der Waals surface area contributed by atoms with Gasteiger partial charge in [-0.3, -0.25) is 0 Å². The van der Waals surface area contributed by atoms with Crippen LogP contribution in [0.2, 0.25) is 0 Å². The fraction of sp³-hybridized carbons (Fsp3) is 0.250. The first kappa shape index (κ1) is 9.75. The molecule has 0 aliphatic rings. The first-order valence-corrected chi connectivity index (χ1v) is 4.94. The highest BCUT2D eigenvalue weighted by molar-refractivity contribution is 5.80. The van der Waals surface area contributed by atoms with E-state index in [1.54, 1.807) is 6.20 Å². The molecule has 3 N–H and O–H groups in total. The van der Waals surface area contributed by atoms with Gasteiger partial charge in [-0.05, 0) is 18.6 Å². The van der Waals surface area contributed by atoms with Crippen LogP contribution in [0.15, 0.2) is 18.5 Å². The number of nitrogens with zero attached hydrogens (tertiary/aromatic N) is 1. The van der Waals surface area contributed by atoms with Gasteiger partial charge in [-0.2, -0.15) is 0 Å². The second-order valence-corrected chi connectivity index (χ2v) is 3.43. The minimum atomic E-state index is 0.603. The predicted octanol–water partition coefficient (Wildman–Crippen LogP) is 1.57. The topological polar surface area (TPSA) is 54.7 Å². The fourth-order valence-corrected chi connectivity index (χ4v) is 1.44. The van der Waals surface area contributed by atoms with Crippen LogP contribution in [0.25, 0.3) is 11.0 Å². The lowest BCUT2D eigenvalue weighted by Gasteiger charge is -1.92. The lowest BCUT2D eigenvalue weighted by molar-refractivity contribution is 1.03. The number of hydrogen-bond donors (Lipinski definition) is 2. The van der Waals surface area contributed by atoms with Gasteiger partial charge in [-0.25, -0.2) is 4.98 Å². The summed E-state index contributed by atoms with van der Waals surface area (Å²) < 4.78 is 0. The molecule has 0 unspecified atom stereocenters.